The molecule has 1 aliphatic rings. The summed E-state index contributed by atoms with van der Waals surface area (Å²) < 4.78 is 0. The summed E-state index contributed by atoms with van der Waals surface area (Å²) in [6.07, 6.45) is 0. The molecule has 132 valence electrons. The van der Waals surface area contributed by atoms with Crippen molar-refractivity contribution in [1.29, 1.82) is 0 Å². The van der Waals surface area contributed by atoms with E-state index in [2.05, 4.69) is 0 Å². The van der Waals surface area contributed by atoms with Crippen LogP contribution >= 0.6 is 12.4 Å². The molecular weight excluding hydrogens is 330 g/mol. The van der Waals surface area contributed by atoms with Crippen LogP contribution in [0.1, 0.15) is 40.1 Å². The molecule has 0 bridgehead atoms. The maximum atomic E-state index is 12.4. The Balaban J connectivity index is 0.00000288. The zero-order valence-corrected chi connectivity index (χ0v) is 15.3. The van der Waals surface area contributed by atoms with Crippen LogP contribution in [-0.2, 0) is 4.79 Å². The number of nitrogens with two attached hydrogens (primary N) is 1. The van der Waals surface area contributed by atoms with E-state index in [1.807, 2.05) is 20.8 Å². The third-order valence-corrected chi connectivity index (χ3v) is 4.06. The predicted octanol–water partition coefficient (Wildman–Crippen LogP) is 1.46. The number of amides is 3. The van der Waals surface area contributed by atoms with Gasteiger partial charge in [0, 0.05) is 13.6 Å². The van der Waals surface area contributed by atoms with Gasteiger partial charge in [-0.1, -0.05) is 25.5 Å². The number of fused-ring (bicyclic) bond motifs is 1. The van der Waals surface area contributed by atoms with Crippen molar-refractivity contribution in [3.8, 4) is 0 Å². The van der Waals surface area contributed by atoms with E-state index in [9.17, 15) is 14.4 Å². The van der Waals surface area contributed by atoms with Crippen LogP contribution in [0, 0.1) is 12.3 Å². The molecule has 1 aromatic rings. The number of hydrogen-bond acceptors (Lipinski definition) is 4. The van der Waals surface area contributed by atoms with Crippen LogP contribution in [0.25, 0.3) is 0 Å². The summed E-state index contributed by atoms with van der Waals surface area (Å²) in [7, 11) is 1.65. The summed E-state index contributed by atoms with van der Waals surface area (Å²) in [6.45, 7) is 6.43. The highest BCUT2D eigenvalue weighted by molar-refractivity contribution is 6.22. The van der Waals surface area contributed by atoms with Crippen LogP contribution in [0.5, 0.6) is 0 Å². The molecule has 0 fully saturated rings. The van der Waals surface area contributed by atoms with Crippen LogP contribution in [0.15, 0.2) is 18.2 Å². The third-order valence-electron chi connectivity index (χ3n) is 4.06. The number of benzene rings is 1. The monoisotopic (exact) mass is 353 g/mol. The van der Waals surface area contributed by atoms with Crippen LogP contribution < -0.4 is 5.73 Å². The topological polar surface area (TPSA) is 83.7 Å². The molecule has 0 radical (unpaired) electrons. The van der Waals surface area contributed by atoms with Crippen molar-refractivity contribution in [1.82, 2.24) is 9.80 Å². The van der Waals surface area contributed by atoms with Gasteiger partial charge in [-0.05, 0) is 31.0 Å². The van der Waals surface area contributed by atoms with Gasteiger partial charge < -0.3 is 10.6 Å². The highest BCUT2D eigenvalue weighted by Gasteiger charge is 2.37. The van der Waals surface area contributed by atoms with Crippen molar-refractivity contribution in [3.05, 3.63) is 34.9 Å². The number of hydrogen-bond donors (Lipinski definition) is 1. The molecule has 2 N–H and O–H groups in total. The lowest BCUT2D eigenvalue weighted by Crippen LogP contribution is -2.45. The zero-order valence-electron chi connectivity index (χ0n) is 14.5. The van der Waals surface area contributed by atoms with Crippen molar-refractivity contribution >= 4 is 30.1 Å². The number of likely N-dealkylation sites (N-methyl/N-ethyl adjacent to an activating group) is 1. The van der Waals surface area contributed by atoms with E-state index in [4.69, 9.17) is 5.73 Å². The molecule has 1 aliphatic heterocycles. The number of aryl methyl sites for hydroxylation is 1. The lowest BCUT2D eigenvalue weighted by molar-refractivity contribution is -0.131. The molecule has 0 unspecified atom stereocenters. The maximum Gasteiger partial charge on any atom is 0.262 e. The molecule has 0 atom stereocenters. The van der Waals surface area contributed by atoms with Crippen molar-refractivity contribution in [2.45, 2.75) is 20.8 Å². The van der Waals surface area contributed by atoms with E-state index in [-0.39, 0.29) is 30.3 Å². The first-order valence-corrected chi connectivity index (χ1v) is 7.57. The molecule has 1 heterocycles. The minimum absolute atomic E-state index is 0. The van der Waals surface area contributed by atoms with Crippen molar-refractivity contribution in [2.75, 3.05) is 26.7 Å². The quantitative estimate of drug-likeness (QED) is 0.812. The fraction of sp³-hybridized carbons (Fsp3) is 0.471. The zero-order chi connectivity index (χ0) is 17.4. The van der Waals surface area contributed by atoms with Gasteiger partial charge in [-0.25, -0.2) is 0 Å². The first-order valence-electron chi connectivity index (χ1n) is 7.57. The van der Waals surface area contributed by atoms with Crippen LogP contribution in [0.2, 0.25) is 0 Å². The fourth-order valence-electron chi connectivity index (χ4n) is 2.60. The lowest BCUT2D eigenvalue weighted by Gasteiger charge is -2.29. The normalized spacial score (nSPS) is 13.6. The number of carbonyl (C=O) groups excluding carboxylic acids is 3. The van der Waals surface area contributed by atoms with Gasteiger partial charge in [0.25, 0.3) is 11.8 Å². The molecular formula is C17H24ClN3O3. The van der Waals surface area contributed by atoms with Crippen LogP contribution in [0.3, 0.4) is 0 Å². The van der Waals surface area contributed by atoms with Gasteiger partial charge in [0.05, 0.1) is 11.1 Å². The predicted molar refractivity (Wildman–Crippen MR) is 94.3 cm³/mol. The largest absolute Gasteiger partial charge is 0.344 e. The van der Waals surface area contributed by atoms with E-state index in [0.717, 1.165) is 10.5 Å². The molecule has 0 aromatic heterocycles. The fourth-order valence-corrected chi connectivity index (χ4v) is 2.60. The second-order valence-electron chi connectivity index (χ2n) is 6.86. The highest BCUT2D eigenvalue weighted by atomic mass is 35.5. The molecule has 24 heavy (non-hydrogen) atoms. The van der Waals surface area contributed by atoms with Gasteiger partial charge >= 0.3 is 0 Å². The molecule has 0 saturated carbocycles. The summed E-state index contributed by atoms with van der Waals surface area (Å²) in [6, 6.07) is 5.10. The second-order valence-corrected chi connectivity index (χ2v) is 6.86. The van der Waals surface area contributed by atoms with Crippen molar-refractivity contribution < 1.29 is 14.4 Å². The molecule has 0 aliphatic carbocycles. The van der Waals surface area contributed by atoms with E-state index >= 15 is 0 Å². The first kappa shape index (κ1) is 20.1. The Morgan fingerprint density at radius 3 is 2.38 bits per heavy atom. The van der Waals surface area contributed by atoms with Gasteiger partial charge in [0.15, 0.2) is 0 Å². The number of carbonyl (C=O) groups is 3. The summed E-state index contributed by atoms with van der Waals surface area (Å²) in [5, 5.41) is 0. The van der Waals surface area contributed by atoms with Gasteiger partial charge in [-0.3, -0.25) is 19.3 Å². The smallest absolute Gasteiger partial charge is 0.262 e. The lowest BCUT2D eigenvalue weighted by atomic mass is 9.93. The van der Waals surface area contributed by atoms with E-state index < -0.39 is 11.8 Å². The third kappa shape index (κ3) is 3.94. The molecule has 0 spiro atoms. The Bertz CT molecular complexity index is 673. The van der Waals surface area contributed by atoms with E-state index in [1.165, 1.54) is 4.90 Å². The molecule has 7 heteroatoms. The molecule has 0 saturated heterocycles. The molecule has 3 amide bonds. The van der Waals surface area contributed by atoms with Crippen LogP contribution in [-0.4, -0.2) is 54.2 Å². The average molecular weight is 354 g/mol. The maximum absolute atomic E-state index is 12.4. The van der Waals surface area contributed by atoms with Gasteiger partial charge in [-0.2, -0.15) is 0 Å². The second kappa shape index (κ2) is 7.32. The summed E-state index contributed by atoms with van der Waals surface area (Å²) in [5.41, 5.74) is 7.09. The Kier molecular flexibility index (Phi) is 6.14. The van der Waals surface area contributed by atoms with Gasteiger partial charge in [0.1, 0.15) is 6.54 Å². The van der Waals surface area contributed by atoms with Crippen molar-refractivity contribution in [2.24, 2.45) is 11.1 Å². The number of rotatable bonds is 5. The standard InChI is InChI=1S/C17H23N3O3.ClH/c1-11-5-6-12-13(7-11)16(23)20(15(12)22)8-14(21)19(4)10-17(2,3)9-18;/h5-7H,8-10,18H2,1-4H3;1H. The Hall–Kier alpha value is -1.92. The SMILES string of the molecule is Cc1ccc2c(c1)C(=O)N(CC(=O)N(C)CC(C)(C)CN)C2=O.Cl. The Labute approximate surface area is 148 Å². The minimum Gasteiger partial charge on any atom is -0.344 e. The summed E-state index contributed by atoms with van der Waals surface area (Å²) in [5.74, 6) is -1.10. The molecule has 6 nitrogen and oxygen atoms in total. The average Bonchev–Trinajstić information content (AvgIpc) is 2.71. The molecule has 1 aromatic carbocycles. The number of nitrogens with zero attached hydrogens (tertiary/aromatic N) is 2. The number of imide groups is 1. The number of halogens is 1. The first-order chi connectivity index (χ1) is 10.7. The van der Waals surface area contributed by atoms with Crippen molar-refractivity contribution in [3.63, 3.8) is 0 Å². The van der Waals surface area contributed by atoms with E-state index in [0.29, 0.717) is 24.2 Å². The summed E-state index contributed by atoms with van der Waals surface area (Å²) in [4.78, 5) is 39.6. The van der Waals surface area contributed by atoms with Gasteiger partial charge in [0.2, 0.25) is 5.91 Å². The Morgan fingerprint density at radius 1 is 1.21 bits per heavy atom. The Morgan fingerprint density at radius 2 is 1.79 bits per heavy atom. The van der Waals surface area contributed by atoms with Gasteiger partial charge in [-0.15, -0.1) is 12.4 Å². The van der Waals surface area contributed by atoms with Crippen LogP contribution in [0.4, 0.5) is 0 Å². The highest BCUT2D eigenvalue weighted by Crippen LogP contribution is 2.24. The molecule has 2 rings (SSSR count). The summed E-state index contributed by atoms with van der Waals surface area (Å²) >= 11 is 0. The minimum atomic E-state index is -0.412. The van der Waals surface area contributed by atoms with E-state index in [1.54, 1.807) is 25.2 Å².